The molecule has 2 aromatic rings. The van der Waals surface area contributed by atoms with Crippen molar-refractivity contribution in [1.82, 2.24) is 15.5 Å². The largest absolute Gasteiger partial charge is 0.351 e. The van der Waals surface area contributed by atoms with E-state index in [1.807, 2.05) is 42.6 Å². The van der Waals surface area contributed by atoms with Gasteiger partial charge in [0.1, 0.15) is 6.54 Å². The Kier molecular flexibility index (Phi) is 9.97. The lowest BCUT2D eigenvalue weighted by atomic mass is 10.1. The van der Waals surface area contributed by atoms with E-state index in [0.29, 0.717) is 17.5 Å². The zero-order valence-corrected chi connectivity index (χ0v) is 18.9. The molecular formula is C18H24ClIN4OS. The molecule has 8 heteroatoms. The van der Waals surface area contributed by atoms with Gasteiger partial charge in [0.25, 0.3) is 0 Å². The van der Waals surface area contributed by atoms with Crippen molar-refractivity contribution in [2.45, 2.75) is 19.5 Å². The van der Waals surface area contributed by atoms with Gasteiger partial charge in [-0.25, -0.2) is 4.99 Å². The number of guanidine groups is 1. The Morgan fingerprint density at radius 2 is 2.08 bits per heavy atom. The van der Waals surface area contributed by atoms with Crippen LogP contribution in [-0.4, -0.2) is 37.4 Å². The lowest BCUT2D eigenvalue weighted by molar-refractivity contribution is -0.127. The zero-order valence-electron chi connectivity index (χ0n) is 15.0. The van der Waals surface area contributed by atoms with Crippen molar-refractivity contribution in [2.24, 2.45) is 4.99 Å². The predicted molar refractivity (Wildman–Crippen MR) is 121 cm³/mol. The minimum atomic E-state index is -0.0485. The minimum Gasteiger partial charge on any atom is -0.351 e. The molecule has 5 nitrogen and oxygen atoms in total. The summed E-state index contributed by atoms with van der Waals surface area (Å²) in [5.41, 5.74) is 1.05. The summed E-state index contributed by atoms with van der Waals surface area (Å²) in [4.78, 5) is 19.0. The number of amides is 1. The maximum absolute atomic E-state index is 11.8. The maximum atomic E-state index is 11.8. The number of benzene rings is 1. The highest BCUT2D eigenvalue weighted by Gasteiger charge is 2.10. The smallest absolute Gasteiger partial charge is 0.243 e. The van der Waals surface area contributed by atoms with Crippen molar-refractivity contribution in [3.05, 3.63) is 57.2 Å². The molecule has 1 heterocycles. The molecule has 0 radical (unpaired) electrons. The fraction of sp³-hybridized carbons (Fsp3) is 0.333. The quantitative estimate of drug-likeness (QED) is 0.355. The fourth-order valence-corrected chi connectivity index (χ4v) is 2.93. The lowest BCUT2D eigenvalue weighted by Gasteiger charge is -2.19. The molecule has 2 rings (SSSR count). The number of likely N-dealkylation sites (N-methyl/N-ethyl adjacent to an activating group) is 1. The van der Waals surface area contributed by atoms with E-state index in [4.69, 9.17) is 11.6 Å². The van der Waals surface area contributed by atoms with Gasteiger partial charge in [-0.1, -0.05) is 29.8 Å². The number of nitrogens with zero attached hydrogens (tertiary/aromatic N) is 2. The third kappa shape index (κ3) is 7.51. The Bertz CT molecular complexity index is 722. The van der Waals surface area contributed by atoms with Crippen molar-refractivity contribution in [1.29, 1.82) is 0 Å². The van der Waals surface area contributed by atoms with Crippen LogP contribution in [-0.2, 0) is 11.3 Å². The number of nitrogens with one attached hydrogen (secondary N) is 2. The molecule has 1 aromatic heterocycles. The topological polar surface area (TPSA) is 56.7 Å². The molecule has 1 amide bonds. The Morgan fingerprint density at radius 1 is 1.31 bits per heavy atom. The molecule has 26 heavy (non-hydrogen) atoms. The van der Waals surface area contributed by atoms with Gasteiger partial charge in [0, 0.05) is 24.0 Å². The zero-order chi connectivity index (χ0) is 18.2. The third-order valence-electron chi connectivity index (χ3n) is 3.58. The van der Waals surface area contributed by atoms with Crippen LogP contribution in [0.15, 0.2) is 46.8 Å². The van der Waals surface area contributed by atoms with Crippen molar-refractivity contribution >= 4 is 58.8 Å². The summed E-state index contributed by atoms with van der Waals surface area (Å²) in [6.45, 7) is 2.78. The number of halogens is 2. The van der Waals surface area contributed by atoms with E-state index in [0.717, 1.165) is 5.56 Å². The highest BCUT2D eigenvalue weighted by Crippen LogP contribution is 2.17. The average Bonchev–Trinajstić information content (AvgIpc) is 3.10. The van der Waals surface area contributed by atoms with Crippen LogP contribution in [0.5, 0.6) is 0 Å². The molecule has 1 atom stereocenters. The van der Waals surface area contributed by atoms with Crippen LogP contribution in [0, 0.1) is 0 Å². The average molecular weight is 507 g/mol. The molecule has 0 saturated heterocycles. The highest BCUT2D eigenvalue weighted by atomic mass is 127. The molecule has 0 bridgehead atoms. The molecule has 0 fully saturated rings. The highest BCUT2D eigenvalue weighted by molar-refractivity contribution is 14.0. The van der Waals surface area contributed by atoms with Gasteiger partial charge in [-0.15, -0.1) is 35.3 Å². The first-order valence-electron chi connectivity index (χ1n) is 7.98. The monoisotopic (exact) mass is 506 g/mol. The van der Waals surface area contributed by atoms with Crippen molar-refractivity contribution in [2.75, 3.05) is 20.6 Å². The van der Waals surface area contributed by atoms with E-state index in [9.17, 15) is 4.79 Å². The Balaban J connectivity index is 0.00000338. The van der Waals surface area contributed by atoms with E-state index in [1.165, 1.54) is 9.78 Å². The lowest BCUT2D eigenvalue weighted by Crippen LogP contribution is -2.39. The van der Waals surface area contributed by atoms with Gasteiger partial charge < -0.3 is 15.5 Å². The number of hydrogen-bond acceptors (Lipinski definition) is 3. The number of thiophene rings is 1. The molecule has 1 aromatic carbocycles. The molecule has 142 valence electrons. The number of carbonyl (C=O) groups excluding carboxylic acids is 1. The van der Waals surface area contributed by atoms with Crippen LogP contribution >= 0.6 is 46.9 Å². The molecule has 0 aliphatic carbocycles. The number of aliphatic imine (C=N–C) groups is 1. The summed E-state index contributed by atoms with van der Waals surface area (Å²) in [5.74, 6) is 0.545. The van der Waals surface area contributed by atoms with Crippen LogP contribution in [0.25, 0.3) is 0 Å². The van der Waals surface area contributed by atoms with Gasteiger partial charge in [0.05, 0.1) is 12.6 Å². The van der Waals surface area contributed by atoms with Crippen molar-refractivity contribution < 1.29 is 4.79 Å². The van der Waals surface area contributed by atoms with Gasteiger partial charge in [0.15, 0.2) is 5.96 Å². The second-order valence-electron chi connectivity index (χ2n) is 5.81. The summed E-state index contributed by atoms with van der Waals surface area (Å²) in [5, 5.41) is 9.34. The number of hydrogen-bond donors (Lipinski definition) is 2. The second-order valence-corrected chi connectivity index (χ2v) is 7.28. The summed E-state index contributed by atoms with van der Waals surface area (Å²) in [6.07, 6.45) is 0. The number of rotatable bonds is 6. The van der Waals surface area contributed by atoms with Crippen molar-refractivity contribution in [3.63, 3.8) is 0 Å². The maximum Gasteiger partial charge on any atom is 0.243 e. The summed E-state index contributed by atoms with van der Waals surface area (Å²) < 4.78 is 0. The van der Waals surface area contributed by atoms with Gasteiger partial charge >= 0.3 is 0 Å². The first kappa shape index (κ1) is 22.7. The van der Waals surface area contributed by atoms with E-state index in [2.05, 4.69) is 21.7 Å². The molecule has 0 spiro atoms. The minimum absolute atomic E-state index is 0. The first-order chi connectivity index (χ1) is 12.0. The van der Waals surface area contributed by atoms with Crippen LogP contribution < -0.4 is 10.6 Å². The van der Waals surface area contributed by atoms with E-state index < -0.39 is 0 Å². The molecule has 2 N–H and O–H groups in total. The summed E-state index contributed by atoms with van der Waals surface area (Å²) in [7, 11) is 3.44. The SMILES string of the molecule is CC(NC(=NCC(=O)N(C)C)NCc1cccs1)c1cccc(Cl)c1.I. The Hall–Kier alpha value is -1.32. The summed E-state index contributed by atoms with van der Waals surface area (Å²) in [6, 6.07) is 11.8. The van der Waals surface area contributed by atoms with Gasteiger partial charge in [-0.3, -0.25) is 4.79 Å². The summed E-state index contributed by atoms with van der Waals surface area (Å²) >= 11 is 7.74. The van der Waals surface area contributed by atoms with Gasteiger partial charge in [0.2, 0.25) is 5.91 Å². The Morgan fingerprint density at radius 3 is 2.69 bits per heavy atom. The first-order valence-corrected chi connectivity index (χ1v) is 9.24. The molecule has 0 aliphatic heterocycles. The number of carbonyl (C=O) groups is 1. The second kappa shape index (κ2) is 11.4. The molecule has 0 saturated carbocycles. The van der Waals surface area contributed by atoms with Crippen LogP contribution in [0.3, 0.4) is 0 Å². The molecular weight excluding hydrogens is 483 g/mol. The normalized spacial score (nSPS) is 12.1. The van der Waals surface area contributed by atoms with Gasteiger partial charge in [-0.05, 0) is 36.1 Å². The van der Waals surface area contributed by atoms with Crippen LogP contribution in [0.1, 0.15) is 23.4 Å². The predicted octanol–water partition coefficient (Wildman–Crippen LogP) is 3.90. The molecule has 1 unspecified atom stereocenters. The fourth-order valence-electron chi connectivity index (χ4n) is 2.09. The standard InChI is InChI=1S/C18H23ClN4OS.HI/c1-13(14-6-4-7-15(19)10-14)22-18(21-12-17(24)23(2)3)20-11-16-8-5-9-25-16;/h4-10,13H,11-12H2,1-3H3,(H2,20,21,22);1H. The molecule has 0 aliphatic rings. The van der Waals surface area contributed by atoms with Crippen LogP contribution in [0.2, 0.25) is 5.02 Å². The van der Waals surface area contributed by atoms with E-state index in [1.54, 1.807) is 25.4 Å². The van der Waals surface area contributed by atoms with Gasteiger partial charge in [-0.2, -0.15) is 0 Å². The van der Waals surface area contributed by atoms with Crippen LogP contribution in [0.4, 0.5) is 0 Å². The third-order valence-corrected chi connectivity index (χ3v) is 4.69. The van der Waals surface area contributed by atoms with E-state index in [-0.39, 0.29) is 42.5 Å². The van der Waals surface area contributed by atoms with Crippen molar-refractivity contribution in [3.8, 4) is 0 Å². The van der Waals surface area contributed by atoms with E-state index >= 15 is 0 Å². The Labute approximate surface area is 180 Å².